The Morgan fingerprint density at radius 3 is 2.45 bits per heavy atom. The number of hydrogen-bond donors (Lipinski definition) is 1. The molecule has 0 unspecified atom stereocenters. The average Bonchev–Trinajstić information content (AvgIpc) is 2.67. The highest BCUT2D eigenvalue weighted by Crippen LogP contribution is 2.36. The zero-order valence-electron chi connectivity index (χ0n) is 10.0. The first kappa shape index (κ1) is 14.5. The maximum Gasteiger partial charge on any atom is 0.417 e. The van der Waals surface area contributed by atoms with Crippen molar-refractivity contribution in [3.63, 3.8) is 0 Å². The number of amides is 1. The molecule has 0 atom stereocenters. The summed E-state index contributed by atoms with van der Waals surface area (Å²) in [7, 11) is 0. The predicted octanol–water partition coefficient (Wildman–Crippen LogP) is 2.89. The van der Waals surface area contributed by atoms with Crippen molar-refractivity contribution in [1.82, 2.24) is 4.90 Å². The van der Waals surface area contributed by atoms with Crippen molar-refractivity contribution in [2.75, 3.05) is 13.1 Å². The number of phenols is 1. The molecule has 0 bridgehead atoms. The molecule has 3 nitrogen and oxygen atoms in total. The Morgan fingerprint density at radius 2 is 1.95 bits per heavy atom. The van der Waals surface area contributed by atoms with E-state index in [0.717, 1.165) is 12.1 Å². The summed E-state index contributed by atoms with van der Waals surface area (Å²) in [5.74, 6) is -4.85. The third kappa shape index (κ3) is 2.83. The summed E-state index contributed by atoms with van der Waals surface area (Å²) in [5.41, 5.74) is -2.08. The number of halogens is 5. The average molecular weight is 295 g/mol. The minimum atomic E-state index is -4.86. The molecule has 1 aliphatic heterocycles. The molecular weight excluding hydrogens is 285 g/mol. The highest BCUT2D eigenvalue weighted by Gasteiger charge is 2.43. The van der Waals surface area contributed by atoms with Gasteiger partial charge in [0.25, 0.3) is 11.8 Å². The summed E-state index contributed by atoms with van der Waals surface area (Å²) >= 11 is 0. The number of phenolic OH excluding ortho intramolecular Hbond substituents is 1. The fraction of sp³-hybridized carbons (Fsp3) is 0.417. The van der Waals surface area contributed by atoms with Crippen molar-refractivity contribution >= 4 is 5.91 Å². The monoisotopic (exact) mass is 295 g/mol. The molecule has 1 aromatic rings. The van der Waals surface area contributed by atoms with Crippen LogP contribution in [0.15, 0.2) is 18.2 Å². The van der Waals surface area contributed by atoms with Crippen molar-refractivity contribution in [3.8, 4) is 5.75 Å². The van der Waals surface area contributed by atoms with Crippen molar-refractivity contribution in [3.05, 3.63) is 29.3 Å². The molecule has 1 heterocycles. The van der Waals surface area contributed by atoms with Gasteiger partial charge in [-0.15, -0.1) is 0 Å². The number of nitrogens with zero attached hydrogens (tertiary/aromatic N) is 1. The number of alkyl halides is 5. The van der Waals surface area contributed by atoms with E-state index in [1.807, 2.05) is 0 Å². The minimum Gasteiger partial charge on any atom is -0.508 e. The van der Waals surface area contributed by atoms with Crippen LogP contribution in [-0.2, 0) is 6.18 Å². The summed E-state index contributed by atoms with van der Waals surface area (Å²) in [6.07, 6.45) is -5.43. The number of rotatable bonds is 1. The molecule has 110 valence electrons. The van der Waals surface area contributed by atoms with Crippen LogP contribution in [0.1, 0.15) is 22.3 Å². The Morgan fingerprint density at radius 1 is 1.30 bits per heavy atom. The van der Waals surface area contributed by atoms with Gasteiger partial charge in [-0.1, -0.05) is 0 Å². The lowest BCUT2D eigenvalue weighted by Gasteiger charge is -2.19. The van der Waals surface area contributed by atoms with Crippen LogP contribution in [0.4, 0.5) is 22.0 Å². The molecule has 0 saturated carbocycles. The quantitative estimate of drug-likeness (QED) is 0.809. The molecular formula is C12H10F5NO2. The molecule has 0 radical (unpaired) electrons. The van der Waals surface area contributed by atoms with Gasteiger partial charge in [-0.05, 0) is 18.2 Å². The molecule has 20 heavy (non-hydrogen) atoms. The summed E-state index contributed by atoms with van der Waals surface area (Å²) in [4.78, 5) is 12.6. The van der Waals surface area contributed by atoms with Gasteiger partial charge in [-0.25, -0.2) is 8.78 Å². The van der Waals surface area contributed by atoms with Gasteiger partial charge in [-0.3, -0.25) is 4.79 Å². The van der Waals surface area contributed by atoms with Gasteiger partial charge < -0.3 is 10.0 Å². The Kier molecular flexibility index (Phi) is 3.35. The number of likely N-dealkylation sites (tertiary alicyclic amines) is 1. The molecule has 1 aromatic carbocycles. The minimum absolute atomic E-state index is 0.302. The van der Waals surface area contributed by atoms with Gasteiger partial charge in [0.15, 0.2) is 0 Å². The van der Waals surface area contributed by atoms with Gasteiger partial charge in [0.05, 0.1) is 17.7 Å². The first-order chi connectivity index (χ1) is 9.10. The van der Waals surface area contributed by atoms with Gasteiger partial charge in [0.2, 0.25) is 0 Å². The van der Waals surface area contributed by atoms with E-state index in [0.29, 0.717) is 11.0 Å². The van der Waals surface area contributed by atoms with Crippen molar-refractivity contribution in [1.29, 1.82) is 0 Å². The summed E-state index contributed by atoms with van der Waals surface area (Å²) in [6.45, 7) is -1.20. The van der Waals surface area contributed by atoms with Crippen LogP contribution in [-0.4, -0.2) is 34.9 Å². The van der Waals surface area contributed by atoms with E-state index in [9.17, 15) is 26.7 Å². The van der Waals surface area contributed by atoms with Crippen LogP contribution in [0, 0.1) is 0 Å². The second-order valence-electron chi connectivity index (χ2n) is 4.56. The first-order valence-corrected chi connectivity index (χ1v) is 5.67. The third-order valence-corrected chi connectivity index (χ3v) is 3.00. The summed E-state index contributed by atoms with van der Waals surface area (Å²) in [5, 5.41) is 9.09. The molecule has 1 amide bonds. The molecule has 1 N–H and O–H groups in total. The fourth-order valence-corrected chi connectivity index (χ4v) is 2.03. The third-order valence-electron chi connectivity index (χ3n) is 3.00. The van der Waals surface area contributed by atoms with Gasteiger partial charge >= 0.3 is 6.18 Å². The molecule has 1 saturated heterocycles. The maximum atomic E-state index is 13.0. The molecule has 1 fully saturated rings. The number of hydrogen-bond acceptors (Lipinski definition) is 2. The first-order valence-electron chi connectivity index (χ1n) is 5.67. The van der Waals surface area contributed by atoms with E-state index in [-0.39, 0.29) is 6.54 Å². The van der Waals surface area contributed by atoms with E-state index in [4.69, 9.17) is 5.11 Å². The lowest BCUT2D eigenvalue weighted by Crippen LogP contribution is -2.32. The van der Waals surface area contributed by atoms with E-state index in [2.05, 4.69) is 0 Å². The second kappa shape index (κ2) is 4.60. The van der Waals surface area contributed by atoms with Gasteiger partial charge in [0, 0.05) is 13.0 Å². The Hall–Kier alpha value is -1.86. The van der Waals surface area contributed by atoms with Gasteiger partial charge in [-0.2, -0.15) is 13.2 Å². The van der Waals surface area contributed by atoms with E-state index in [1.54, 1.807) is 0 Å². The van der Waals surface area contributed by atoms with Crippen LogP contribution in [0.2, 0.25) is 0 Å². The lowest BCUT2D eigenvalue weighted by molar-refractivity contribution is -0.138. The van der Waals surface area contributed by atoms with E-state index < -0.39 is 47.8 Å². The highest BCUT2D eigenvalue weighted by molar-refractivity contribution is 5.96. The van der Waals surface area contributed by atoms with E-state index >= 15 is 0 Å². The van der Waals surface area contributed by atoms with E-state index in [1.165, 1.54) is 0 Å². The number of carbonyl (C=O) groups is 1. The topological polar surface area (TPSA) is 40.5 Å². The molecule has 2 rings (SSSR count). The van der Waals surface area contributed by atoms with Crippen LogP contribution in [0.25, 0.3) is 0 Å². The number of aromatic hydroxyl groups is 1. The van der Waals surface area contributed by atoms with Crippen molar-refractivity contribution in [2.24, 2.45) is 0 Å². The highest BCUT2D eigenvalue weighted by atomic mass is 19.4. The SMILES string of the molecule is O=C(c1ccc(O)cc1C(F)(F)F)N1CCC(F)(F)C1. The second-order valence-corrected chi connectivity index (χ2v) is 4.56. The summed E-state index contributed by atoms with van der Waals surface area (Å²) < 4.78 is 64.4. The lowest BCUT2D eigenvalue weighted by atomic mass is 10.1. The molecule has 0 aromatic heterocycles. The number of carbonyl (C=O) groups excluding carboxylic acids is 1. The Bertz CT molecular complexity index is 541. The normalized spacial score (nSPS) is 18.4. The van der Waals surface area contributed by atoms with Crippen molar-refractivity contribution in [2.45, 2.75) is 18.5 Å². The van der Waals surface area contributed by atoms with Gasteiger partial charge in [0.1, 0.15) is 5.75 Å². The van der Waals surface area contributed by atoms with Crippen LogP contribution >= 0.6 is 0 Å². The Balaban J connectivity index is 2.36. The standard InChI is InChI=1S/C12H10F5NO2/c13-11(14)3-4-18(6-11)10(20)8-2-1-7(19)5-9(8)12(15,16)17/h1-2,5,19H,3-4,6H2. The zero-order valence-corrected chi connectivity index (χ0v) is 10.0. The molecule has 8 heteroatoms. The van der Waals surface area contributed by atoms with Crippen molar-refractivity contribution < 1.29 is 31.9 Å². The van der Waals surface area contributed by atoms with Crippen LogP contribution < -0.4 is 0 Å². The molecule has 1 aliphatic rings. The van der Waals surface area contributed by atoms with Crippen LogP contribution in [0.5, 0.6) is 5.75 Å². The molecule has 0 spiro atoms. The smallest absolute Gasteiger partial charge is 0.417 e. The summed E-state index contributed by atoms with van der Waals surface area (Å²) in [6, 6.07) is 2.11. The largest absolute Gasteiger partial charge is 0.508 e. The van der Waals surface area contributed by atoms with Crippen LogP contribution in [0.3, 0.4) is 0 Å². The molecule has 0 aliphatic carbocycles. The fourth-order valence-electron chi connectivity index (χ4n) is 2.03. The predicted molar refractivity (Wildman–Crippen MR) is 58.6 cm³/mol. The number of benzene rings is 1. The zero-order chi connectivity index (χ0) is 15.1. The maximum absolute atomic E-state index is 13.0. The Labute approximate surface area is 110 Å².